The van der Waals surface area contributed by atoms with Crippen LogP contribution in [0.4, 0.5) is 0 Å². The number of hydrogen-bond donors (Lipinski definition) is 2. The van der Waals surface area contributed by atoms with Gasteiger partial charge in [0.1, 0.15) is 0 Å². The highest BCUT2D eigenvalue weighted by molar-refractivity contribution is 4.97. The number of rotatable bonds is 2. The van der Waals surface area contributed by atoms with Crippen molar-refractivity contribution < 1.29 is 5.11 Å². The molecular weight excluding hydrogens is 150 g/mol. The first-order valence-electron chi connectivity index (χ1n) is 5.12. The van der Waals surface area contributed by atoms with Gasteiger partial charge in [-0.15, -0.1) is 0 Å². The first kappa shape index (κ1) is 8.52. The van der Waals surface area contributed by atoms with E-state index in [9.17, 15) is 5.11 Å². The number of aliphatic hydroxyl groups excluding tert-OH is 1. The Labute approximate surface area is 74.1 Å². The van der Waals surface area contributed by atoms with Crippen LogP contribution in [0.1, 0.15) is 32.1 Å². The molecule has 0 aromatic heterocycles. The zero-order valence-corrected chi connectivity index (χ0v) is 7.63. The highest BCUT2D eigenvalue weighted by Gasteiger charge is 2.45. The Bertz CT molecular complexity index is 157. The van der Waals surface area contributed by atoms with Crippen LogP contribution in [0.5, 0.6) is 0 Å². The molecule has 0 amide bonds. The summed E-state index contributed by atoms with van der Waals surface area (Å²) in [6.07, 6.45) is 6.56. The molecule has 3 fully saturated rings. The molecule has 2 nitrogen and oxygen atoms in total. The van der Waals surface area contributed by atoms with Gasteiger partial charge in [-0.3, -0.25) is 0 Å². The van der Waals surface area contributed by atoms with E-state index in [2.05, 4.69) is 0 Å². The minimum absolute atomic E-state index is 0.112. The largest absolute Gasteiger partial charge is 0.396 e. The summed E-state index contributed by atoms with van der Waals surface area (Å²) < 4.78 is 0. The molecule has 0 spiro atoms. The van der Waals surface area contributed by atoms with Gasteiger partial charge >= 0.3 is 0 Å². The van der Waals surface area contributed by atoms with Crippen LogP contribution in [0, 0.1) is 17.3 Å². The molecule has 0 saturated heterocycles. The summed E-state index contributed by atoms with van der Waals surface area (Å²) in [5, 5.41) is 9.38. The van der Waals surface area contributed by atoms with Crippen molar-refractivity contribution in [2.45, 2.75) is 32.1 Å². The smallest absolute Gasteiger partial charge is 0.0502 e. The highest BCUT2D eigenvalue weighted by Crippen LogP contribution is 2.51. The standard InChI is InChI=1S/C10H19NO/c11-6-10(7-12)5-8-1-3-9(10)4-2-8/h8-9,12H,1-7,11H2. The lowest BCUT2D eigenvalue weighted by molar-refractivity contribution is -0.0335. The van der Waals surface area contributed by atoms with E-state index in [4.69, 9.17) is 5.73 Å². The van der Waals surface area contributed by atoms with Gasteiger partial charge < -0.3 is 10.8 Å². The van der Waals surface area contributed by atoms with E-state index in [1.54, 1.807) is 0 Å². The van der Waals surface area contributed by atoms with Crippen LogP contribution in [0.25, 0.3) is 0 Å². The average Bonchev–Trinajstić information content (AvgIpc) is 2.19. The first-order valence-corrected chi connectivity index (χ1v) is 5.12. The van der Waals surface area contributed by atoms with Gasteiger partial charge in [-0.05, 0) is 31.1 Å². The van der Waals surface area contributed by atoms with Crippen molar-refractivity contribution in [3.05, 3.63) is 0 Å². The lowest BCUT2D eigenvalue weighted by Gasteiger charge is -2.50. The predicted octanol–water partition coefficient (Wildman–Crippen LogP) is 1.13. The van der Waals surface area contributed by atoms with Gasteiger partial charge in [0, 0.05) is 12.0 Å². The number of hydrogen-bond acceptors (Lipinski definition) is 2. The van der Waals surface area contributed by atoms with Crippen molar-refractivity contribution >= 4 is 0 Å². The molecule has 3 aliphatic rings. The van der Waals surface area contributed by atoms with Crippen molar-refractivity contribution in [2.75, 3.05) is 13.2 Å². The third kappa shape index (κ3) is 1.09. The van der Waals surface area contributed by atoms with Crippen molar-refractivity contribution in [1.82, 2.24) is 0 Å². The quantitative estimate of drug-likeness (QED) is 0.651. The summed E-state index contributed by atoms with van der Waals surface area (Å²) in [5.74, 6) is 1.59. The second-order valence-electron chi connectivity index (χ2n) is 4.65. The third-order valence-electron chi connectivity index (χ3n) is 4.13. The van der Waals surface area contributed by atoms with Crippen molar-refractivity contribution in [3.8, 4) is 0 Å². The lowest BCUT2D eigenvalue weighted by Crippen LogP contribution is -2.48. The topological polar surface area (TPSA) is 46.2 Å². The van der Waals surface area contributed by atoms with Crippen LogP contribution in [0.3, 0.4) is 0 Å². The van der Waals surface area contributed by atoms with Crippen molar-refractivity contribution in [1.29, 1.82) is 0 Å². The Hall–Kier alpha value is -0.0800. The van der Waals surface area contributed by atoms with E-state index in [1.165, 1.54) is 32.1 Å². The maximum atomic E-state index is 9.38. The van der Waals surface area contributed by atoms with Gasteiger partial charge in [-0.25, -0.2) is 0 Å². The van der Waals surface area contributed by atoms with Gasteiger partial charge in [0.05, 0.1) is 6.61 Å². The second kappa shape index (κ2) is 3.00. The van der Waals surface area contributed by atoms with Crippen LogP contribution >= 0.6 is 0 Å². The molecule has 3 N–H and O–H groups in total. The Morgan fingerprint density at radius 2 is 1.92 bits per heavy atom. The number of nitrogens with two attached hydrogens (primary N) is 1. The Morgan fingerprint density at radius 3 is 2.17 bits per heavy atom. The third-order valence-corrected chi connectivity index (χ3v) is 4.13. The Balaban J connectivity index is 2.15. The summed E-state index contributed by atoms with van der Waals surface area (Å²) in [5.41, 5.74) is 5.89. The van der Waals surface area contributed by atoms with E-state index in [0.717, 1.165) is 11.8 Å². The Morgan fingerprint density at radius 1 is 1.25 bits per heavy atom. The molecule has 0 heterocycles. The molecule has 3 saturated carbocycles. The zero-order valence-electron chi connectivity index (χ0n) is 7.63. The second-order valence-corrected chi connectivity index (χ2v) is 4.65. The van der Waals surface area contributed by atoms with Crippen molar-refractivity contribution in [2.24, 2.45) is 23.0 Å². The van der Waals surface area contributed by atoms with Crippen molar-refractivity contribution in [3.63, 3.8) is 0 Å². The van der Waals surface area contributed by atoms with Gasteiger partial charge in [0.25, 0.3) is 0 Å². The zero-order chi connectivity index (χ0) is 8.60. The fourth-order valence-corrected chi connectivity index (χ4v) is 3.23. The van der Waals surface area contributed by atoms with E-state index < -0.39 is 0 Å². The van der Waals surface area contributed by atoms with E-state index in [1.807, 2.05) is 0 Å². The molecule has 0 aliphatic heterocycles. The van der Waals surface area contributed by atoms with Crippen LogP contribution < -0.4 is 5.73 Å². The molecule has 12 heavy (non-hydrogen) atoms. The van der Waals surface area contributed by atoms with E-state index >= 15 is 0 Å². The highest BCUT2D eigenvalue weighted by atomic mass is 16.3. The molecular formula is C10H19NO. The summed E-state index contributed by atoms with van der Waals surface area (Å²) in [4.78, 5) is 0. The Kier molecular flexibility index (Phi) is 2.13. The molecule has 1 atom stereocenters. The van der Waals surface area contributed by atoms with Gasteiger partial charge in [0.2, 0.25) is 0 Å². The molecule has 3 rings (SSSR count). The summed E-state index contributed by atoms with van der Waals surface area (Å²) in [7, 11) is 0. The summed E-state index contributed by atoms with van der Waals surface area (Å²) >= 11 is 0. The minimum Gasteiger partial charge on any atom is -0.396 e. The first-order chi connectivity index (χ1) is 5.80. The maximum absolute atomic E-state index is 9.38. The molecule has 1 unspecified atom stereocenters. The number of fused-ring (bicyclic) bond motifs is 3. The monoisotopic (exact) mass is 169 g/mol. The average molecular weight is 169 g/mol. The molecule has 0 radical (unpaired) electrons. The molecule has 70 valence electrons. The van der Waals surface area contributed by atoms with Gasteiger partial charge in [-0.2, -0.15) is 0 Å². The van der Waals surface area contributed by atoms with Crippen LogP contribution in [0.2, 0.25) is 0 Å². The normalized spacial score (nSPS) is 46.5. The summed E-state index contributed by atoms with van der Waals surface area (Å²) in [6, 6.07) is 0. The molecule has 2 heteroatoms. The van der Waals surface area contributed by atoms with Gasteiger partial charge in [0.15, 0.2) is 0 Å². The van der Waals surface area contributed by atoms with Crippen LogP contribution in [-0.4, -0.2) is 18.3 Å². The predicted molar refractivity (Wildman–Crippen MR) is 48.6 cm³/mol. The minimum atomic E-state index is 0.112. The van der Waals surface area contributed by atoms with E-state index in [-0.39, 0.29) is 5.41 Å². The molecule has 3 aliphatic carbocycles. The van der Waals surface area contributed by atoms with E-state index in [0.29, 0.717) is 13.2 Å². The lowest BCUT2D eigenvalue weighted by atomic mass is 9.56. The summed E-state index contributed by atoms with van der Waals surface area (Å²) in [6.45, 7) is 0.995. The fourth-order valence-electron chi connectivity index (χ4n) is 3.23. The van der Waals surface area contributed by atoms with Gasteiger partial charge in [-0.1, -0.05) is 12.8 Å². The molecule has 2 bridgehead atoms. The van der Waals surface area contributed by atoms with Crippen LogP contribution in [-0.2, 0) is 0 Å². The number of aliphatic hydroxyl groups is 1. The fraction of sp³-hybridized carbons (Fsp3) is 1.00. The SMILES string of the molecule is NCC1(CO)CC2CCC1CC2. The van der Waals surface area contributed by atoms with Crippen LogP contribution in [0.15, 0.2) is 0 Å². The molecule has 0 aromatic rings. The molecule has 0 aromatic carbocycles. The maximum Gasteiger partial charge on any atom is 0.0502 e.